The van der Waals surface area contributed by atoms with Crippen molar-refractivity contribution in [1.29, 1.82) is 0 Å². The third kappa shape index (κ3) is 3.43. The largest absolute Gasteiger partial charge is 0.378 e. The molecule has 0 aromatic heterocycles. The molecule has 1 aromatic carbocycles. The summed E-state index contributed by atoms with van der Waals surface area (Å²) >= 11 is 3.50. The lowest BCUT2D eigenvalue weighted by molar-refractivity contribution is -0.129. The molecule has 1 amide bonds. The number of halogens is 1. The lowest BCUT2D eigenvalue weighted by Gasteiger charge is -2.25. The van der Waals surface area contributed by atoms with E-state index in [1.165, 1.54) is 5.56 Å². The summed E-state index contributed by atoms with van der Waals surface area (Å²) in [6.45, 7) is 4.66. The number of carbonyl (C=O) groups excluding carboxylic acids is 1. The summed E-state index contributed by atoms with van der Waals surface area (Å²) in [5, 5.41) is 0. The molecule has 1 aliphatic heterocycles. The van der Waals surface area contributed by atoms with E-state index in [1.54, 1.807) is 6.08 Å². The maximum atomic E-state index is 11.9. The Bertz CT molecular complexity index is 465. The van der Waals surface area contributed by atoms with Gasteiger partial charge in [-0.15, -0.1) is 0 Å². The Hall–Kier alpha value is -1.13. The topological polar surface area (TPSA) is 29.5 Å². The van der Waals surface area contributed by atoms with Crippen molar-refractivity contribution in [2.45, 2.75) is 6.92 Å². The molecule has 1 aromatic rings. The van der Waals surface area contributed by atoms with Crippen LogP contribution in [0.1, 0.15) is 11.1 Å². The van der Waals surface area contributed by atoms with Crippen molar-refractivity contribution >= 4 is 27.9 Å². The Kier molecular flexibility index (Phi) is 4.55. The van der Waals surface area contributed by atoms with Crippen LogP contribution >= 0.6 is 15.9 Å². The Labute approximate surface area is 116 Å². The van der Waals surface area contributed by atoms with Crippen molar-refractivity contribution in [2.24, 2.45) is 0 Å². The van der Waals surface area contributed by atoms with Crippen molar-refractivity contribution in [1.82, 2.24) is 4.90 Å². The molecule has 3 nitrogen and oxygen atoms in total. The highest BCUT2D eigenvalue weighted by molar-refractivity contribution is 9.10. The van der Waals surface area contributed by atoms with E-state index in [1.807, 2.05) is 36.1 Å². The van der Waals surface area contributed by atoms with Crippen molar-refractivity contribution in [3.05, 3.63) is 39.9 Å². The first-order valence-electron chi connectivity index (χ1n) is 5.98. The lowest BCUT2D eigenvalue weighted by Crippen LogP contribution is -2.39. The van der Waals surface area contributed by atoms with Gasteiger partial charge in [-0.1, -0.05) is 28.1 Å². The number of nitrogens with zero attached hydrogens (tertiary/aromatic N) is 1. The second-order valence-electron chi connectivity index (χ2n) is 4.30. The molecule has 0 aliphatic carbocycles. The van der Waals surface area contributed by atoms with Crippen LogP contribution in [0.4, 0.5) is 0 Å². The first-order valence-corrected chi connectivity index (χ1v) is 6.77. The Morgan fingerprint density at radius 1 is 1.39 bits per heavy atom. The van der Waals surface area contributed by atoms with Gasteiger partial charge >= 0.3 is 0 Å². The molecule has 0 spiro atoms. The van der Waals surface area contributed by atoms with E-state index in [2.05, 4.69) is 15.9 Å². The second-order valence-corrected chi connectivity index (χ2v) is 5.15. The molecule has 0 atom stereocenters. The number of aryl methyl sites for hydroxylation is 1. The van der Waals surface area contributed by atoms with Crippen molar-refractivity contribution in [2.75, 3.05) is 26.3 Å². The van der Waals surface area contributed by atoms with E-state index in [-0.39, 0.29) is 5.91 Å². The quantitative estimate of drug-likeness (QED) is 0.786. The van der Waals surface area contributed by atoms with Crippen LogP contribution in [-0.2, 0) is 9.53 Å². The summed E-state index contributed by atoms with van der Waals surface area (Å²) in [5.74, 6) is 0.0470. The van der Waals surface area contributed by atoms with E-state index < -0.39 is 0 Å². The minimum atomic E-state index is 0.0470. The number of ether oxygens (including phenoxy) is 1. The zero-order valence-corrected chi connectivity index (χ0v) is 11.9. The molecule has 0 saturated carbocycles. The van der Waals surface area contributed by atoms with Crippen molar-refractivity contribution in [3.8, 4) is 0 Å². The molecule has 2 rings (SSSR count). The third-order valence-electron chi connectivity index (χ3n) is 2.88. The monoisotopic (exact) mass is 309 g/mol. The van der Waals surface area contributed by atoms with Gasteiger partial charge in [-0.05, 0) is 30.2 Å². The van der Waals surface area contributed by atoms with Gasteiger partial charge < -0.3 is 9.64 Å². The van der Waals surface area contributed by atoms with Gasteiger partial charge in [0.25, 0.3) is 0 Å². The van der Waals surface area contributed by atoms with Crippen LogP contribution in [-0.4, -0.2) is 37.1 Å². The van der Waals surface area contributed by atoms with Crippen LogP contribution in [0.15, 0.2) is 28.7 Å². The van der Waals surface area contributed by atoms with Crippen LogP contribution < -0.4 is 0 Å². The van der Waals surface area contributed by atoms with Gasteiger partial charge in [-0.2, -0.15) is 0 Å². The smallest absolute Gasteiger partial charge is 0.246 e. The number of carbonyl (C=O) groups is 1. The maximum absolute atomic E-state index is 11.9. The highest BCUT2D eigenvalue weighted by Crippen LogP contribution is 2.19. The Balaban J connectivity index is 2.03. The van der Waals surface area contributed by atoms with Gasteiger partial charge in [0.15, 0.2) is 0 Å². The molecule has 1 heterocycles. The molecule has 18 heavy (non-hydrogen) atoms. The van der Waals surface area contributed by atoms with Gasteiger partial charge in [0.1, 0.15) is 0 Å². The zero-order valence-electron chi connectivity index (χ0n) is 10.4. The molecule has 4 heteroatoms. The van der Waals surface area contributed by atoms with E-state index in [4.69, 9.17) is 4.74 Å². The van der Waals surface area contributed by atoms with Gasteiger partial charge in [0.2, 0.25) is 5.91 Å². The number of morpholine rings is 1. The number of amides is 1. The van der Waals surface area contributed by atoms with Gasteiger partial charge in [0, 0.05) is 23.6 Å². The molecule has 0 N–H and O–H groups in total. The first kappa shape index (κ1) is 13.3. The molecular weight excluding hydrogens is 294 g/mol. The minimum Gasteiger partial charge on any atom is -0.378 e. The average Bonchev–Trinajstić information content (AvgIpc) is 2.38. The van der Waals surface area contributed by atoms with Crippen molar-refractivity contribution < 1.29 is 9.53 Å². The van der Waals surface area contributed by atoms with Crippen LogP contribution in [0, 0.1) is 6.92 Å². The molecule has 1 fully saturated rings. The van der Waals surface area contributed by atoms with Crippen LogP contribution in [0.3, 0.4) is 0 Å². The van der Waals surface area contributed by atoms with Gasteiger partial charge in [0.05, 0.1) is 13.2 Å². The highest BCUT2D eigenvalue weighted by atomic mass is 79.9. The molecule has 0 unspecified atom stereocenters. The first-order chi connectivity index (χ1) is 8.66. The molecule has 96 valence electrons. The SMILES string of the molecule is Cc1ccc(/C=C/C(=O)N2CCOCC2)c(Br)c1. The summed E-state index contributed by atoms with van der Waals surface area (Å²) in [6.07, 6.45) is 3.47. The standard InChI is InChI=1S/C14H16BrNO2/c1-11-2-3-12(13(15)10-11)4-5-14(17)16-6-8-18-9-7-16/h2-5,10H,6-9H2,1H3/b5-4+. The minimum absolute atomic E-state index is 0.0470. The van der Waals surface area contributed by atoms with E-state index in [0.717, 1.165) is 10.0 Å². The summed E-state index contributed by atoms with van der Waals surface area (Å²) in [5.41, 5.74) is 2.21. The normalized spacial score (nSPS) is 16.2. The molecular formula is C14H16BrNO2. The molecule has 1 saturated heterocycles. The van der Waals surface area contributed by atoms with E-state index in [0.29, 0.717) is 26.3 Å². The molecule has 1 aliphatic rings. The Morgan fingerprint density at radius 2 is 2.11 bits per heavy atom. The van der Waals surface area contributed by atoms with Gasteiger partial charge in [-0.25, -0.2) is 0 Å². The summed E-state index contributed by atoms with van der Waals surface area (Å²) in [6, 6.07) is 6.07. The fraction of sp³-hybridized carbons (Fsp3) is 0.357. The zero-order chi connectivity index (χ0) is 13.0. The predicted octanol–water partition coefficient (Wildman–Crippen LogP) is 2.63. The van der Waals surface area contributed by atoms with E-state index in [9.17, 15) is 4.79 Å². The van der Waals surface area contributed by atoms with Gasteiger partial charge in [-0.3, -0.25) is 4.79 Å². The summed E-state index contributed by atoms with van der Waals surface area (Å²) in [7, 11) is 0. The summed E-state index contributed by atoms with van der Waals surface area (Å²) in [4.78, 5) is 13.7. The maximum Gasteiger partial charge on any atom is 0.246 e. The predicted molar refractivity (Wildman–Crippen MR) is 75.3 cm³/mol. The van der Waals surface area contributed by atoms with Crippen LogP contribution in [0.5, 0.6) is 0 Å². The second kappa shape index (κ2) is 6.16. The highest BCUT2D eigenvalue weighted by Gasteiger charge is 2.13. The summed E-state index contributed by atoms with van der Waals surface area (Å²) < 4.78 is 6.23. The van der Waals surface area contributed by atoms with Crippen LogP contribution in [0.25, 0.3) is 6.08 Å². The van der Waals surface area contributed by atoms with Crippen molar-refractivity contribution in [3.63, 3.8) is 0 Å². The Morgan fingerprint density at radius 3 is 2.78 bits per heavy atom. The van der Waals surface area contributed by atoms with Crippen LogP contribution in [0.2, 0.25) is 0 Å². The molecule has 0 radical (unpaired) electrons. The fourth-order valence-corrected chi connectivity index (χ4v) is 2.44. The number of hydrogen-bond acceptors (Lipinski definition) is 2. The third-order valence-corrected chi connectivity index (χ3v) is 3.57. The fourth-order valence-electron chi connectivity index (χ4n) is 1.82. The number of benzene rings is 1. The number of hydrogen-bond donors (Lipinski definition) is 0. The van der Waals surface area contributed by atoms with E-state index >= 15 is 0 Å². The average molecular weight is 310 g/mol. The number of rotatable bonds is 2. The molecule has 0 bridgehead atoms. The lowest BCUT2D eigenvalue weighted by atomic mass is 10.1.